The van der Waals surface area contributed by atoms with Gasteiger partial charge in [0.1, 0.15) is 6.33 Å². The van der Waals surface area contributed by atoms with Crippen LogP contribution < -0.4 is 0 Å². The normalized spacial score (nSPS) is 10.1. The summed E-state index contributed by atoms with van der Waals surface area (Å²) in [5, 5.41) is 19.7. The summed E-state index contributed by atoms with van der Waals surface area (Å²) in [6.45, 7) is 1.86. The molecule has 1 heterocycles. The van der Waals surface area contributed by atoms with Crippen LogP contribution in [0.25, 0.3) is 22.5 Å². The molecule has 0 aliphatic rings. The van der Waals surface area contributed by atoms with Gasteiger partial charge in [0.2, 0.25) is 0 Å². The molecule has 0 aliphatic heterocycles. The third-order valence-electron chi connectivity index (χ3n) is 3.80. The number of halogens is 2. The molecular formula is C19H10Cl2N4. The van der Waals surface area contributed by atoms with Gasteiger partial charge in [-0.05, 0) is 43.3 Å². The average Bonchev–Trinajstić information content (AvgIpc) is 2.62. The van der Waals surface area contributed by atoms with Crippen LogP contribution in [0.3, 0.4) is 0 Å². The van der Waals surface area contributed by atoms with Crippen LogP contribution in [-0.4, -0.2) is 9.97 Å². The van der Waals surface area contributed by atoms with Gasteiger partial charge in [-0.15, -0.1) is 0 Å². The number of benzene rings is 2. The van der Waals surface area contributed by atoms with Crippen LogP contribution in [0.1, 0.15) is 16.7 Å². The van der Waals surface area contributed by atoms with Crippen LogP contribution in [0, 0.1) is 29.6 Å². The van der Waals surface area contributed by atoms with E-state index >= 15 is 0 Å². The van der Waals surface area contributed by atoms with Crippen molar-refractivity contribution in [2.75, 3.05) is 0 Å². The van der Waals surface area contributed by atoms with Gasteiger partial charge in [0.25, 0.3) is 0 Å². The fourth-order valence-electron chi connectivity index (χ4n) is 2.62. The van der Waals surface area contributed by atoms with E-state index in [1.807, 2.05) is 6.92 Å². The van der Waals surface area contributed by atoms with E-state index in [-0.39, 0.29) is 0 Å². The second-order valence-electron chi connectivity index (χ2n) is 5.30. The Hall–Kier alpha value is -2.92. The molecule has 0 unspecified atom stereocenters. The van der Waals surface area contributed by atoms with Crippen LogP contribution >= 0.6 is 23.2 Å². The number of hydrogen-bond acceptors (Lipinski definition) is 4. The highest BCUT2D eigenvalue weighted by atomic mass is 35.5. The standard InChI is InChI=1S/C19H10Cl2N4/c1-11-18(16-4-2-14(20)6-12(16)8-22)24-10-25-19(11)17-5-3-15(21)7-13(17)9-23/h2-7,10H,1H3. The highest BCUT2D eigenvalue weighted by Gasteiger charge is 2.16. The summed E-state index contributed by atoms with van der Waals surface area (Å²) in [6, 6.07) is 14.4. The van der Waals surface area contributed by atoms with Gasteiger partial charge in [-0.25, -0.2) is 9.97 Å². The Morgan fingerprint density at radius 1 is 0.800 bits per heavy atom. The summed E-state index contributed by atoms with van der Waals surface area (Å²) >= 11 is 11.9. The molecule has 0 amide bonds. The predicted molar refractivity (Wildman–Crippen MR) is 97.1 cm³/mol. The summed E-state index contributed by atoms with van der Waals surface area (Å²) in [5.74, 6) is 0. The minimum Gasteiger partial charge on any atom is -0.236 e. The van der Waals surface area contributed by atoms with E-state index in [2.05, 4.69) is 22.1 Å². The van der Waals surface area contributed by atoms with Gasteiger partial charge >= 0.3 is 0 Å². The Bertz CT molecular complexity index is 980. The van der Waals surface area contributed by atoms with E-state index in [4.69, 9.17) is 23.2 Å². The lowest BCUT2D eigenvalue weighted by Gasteiger charge is -2.12. The van der Waals surface area contributed by atoms with Crippen molar-refractivity contribution in [1.82, 2.24) is 9.97 Å². The maximum absolute atomic E-state index is 9.38. The van der Waals surface area contributed by atoms with E-state index in [0.717, 1.165) is 5.56 Å². The van der Waals surface area contributed by atoms with Crippen molar-refractivity contribution in [2.45, 2.75) is 6.92 Å². The number of nitriles is 2. The first-order chi connectivity index (χ1) is 12.0. The molecule has 3 aromatic rings. The highest BCUT2D eigenvalue weighted by Crippen LogP contribution is 2.33. The Balaban J connectivity index is 2.25. The maximum atomic E-state index is 9.38. The quantitative estimate of drug-likeness (QED) is 0.628. The molecule has 0 spiro atoms. The molecule has 4 nitrogen and oxygen atoms in total. The molecule has 1 aromatic heterocycles. The molecule has 6 heteroatoms. The molecule has 25 heavy (non-hydrogen) atoms. The van der Waals surface area contributed by atoms with Crippen LogP contribution in [0.5, 0.6) is 0 Å². The maximum Gasteiger partial charge on any atom is 0.116 e. The molecule has 0 aliphatic carbocycles. The van der Waals surface area contributed by atoms with E-state index < -0.39 is 0 Å². The molecule has 2 aromatic carbocycles. The van der Waals surface area contributed by atoms with Crippen LogP contribution in [-0.2, 0) is 0 Å². The summed E-state index contributed by atoms with van der Waals surface area (Å²) in [7, 11) is 0. The van der Waals surface area contributed by atoms with Crippen molar-refractivity contribution >= 4 is 23.2 Å². The van der Waals surface area contributed by atoms with Gasteiger partial charge < -0.3 is 0 Å². The average molecular weight is 365 g/mol. The van der Waals surface area contributed by atoms with Gasteiger partial charge in [0.15, 0.2) is 0 Å². The predicted octanol–water partition coefficient (Wildman–Crippen LogP) is 5.17. The van der Waals surface area contributed by atoms with E-state index in [9.17, 15) is 10.5 Å². The lowest BCUT2D eigenvalue weighted by Crippen LogP contribution is -1.98. The number of aromatic nitrogens is 2. The molecule has 3 rings (SSSR count). The van der Waals surface area contributed by atoms with Gasteiger partial charge in [-0.1, -0.05) is 23.2 Å². The Morgan fingerprint density at radius 3 is 1.64 bits per heavy atom. The summed E-state index contributed by atoms with van der Waals surface area (Å²) in [6.07, 6.45) is 1.42. The molecule has 120 valence electrons. The molecule has 0 saturated carbocycles. The van der Waals surface area contributed by atoms with Crippen molar-refractivity contribution in [3.63, 3.8) is 0 Å². The Kier molecular flexibility index (Phi) is 4.67. The zero-order chi connectivity index (χ0) is 18.0. The van der Waals surface area contributed by atoms with Crippen LogP contribution in [0.2, 0.25) is 10.0 Å². The minimum atomic E-state index is 0.428. The SMILES string of the molecule is Cc1c(-c2ccc(Cl)cc2C#N)ncnc1-c1ccc(Cl)cc1C#N. The van der Waals surface area contributed by atoms with E-state index in [1.165, 1.54) is 6.33 Å². The van der Waals surface area contributed by atoms with Crippen molar-refractivity contribution in [3.05, 3.63) is 69.5 Å². The number of hydrogen-bond donors (Lipinski definition) is 0. The second-order valence-corrected chi connectivity index (χ2v) is 6.17. The molecule has 0 fully saturated rings. The second kappa shape index (κ2) is 6.91. The zero-order valence-electron chi connectivity index (χ0n) is 13.1. The van der Waals surface area contributed by atoms with Gasteiger partial charge in [0, 0.05) is 26.7 Å². The lowest BCUT2D eigenvalue weighted by atomic mass is 9.96. The monoisotopic (exact) mass is 364 g/mol. The summed E-state index contributed by atoms with van der Waals surface area (Å²) < 4.78 is 0. The minimum absolute atomic E-state index is 0.428. The largest absolute Gasteiger partial charge is 0.236 e. The first kappa shape index (κ1) is 16.9. The van der Waals surface area contributed by atoms with E-state index in [1.54, 1.807) is 36.4 Å². The fourth-order valence-corrected chi connectivity index (χ4v) is 2.97. The van der Waals surface area contributed by atoms with Crippen molar-refractivity contribution in [3.8, 4) is 34.7 Å². The topological polar surface area (TPSA) is 73.4 Å². The summed E-state index contributed by atoms with van der Waals surface area (Å²) in [5.41, 5.74) is 4.20. The molecule has 0 N–H and O–H groups in total. The molecular weight excluding hydrogens is 355 g/mol. The van der Waals surface area contributed by atoms with Crippen molar-refractivity contribution in [1.29, 1.82) is 10.5 Å². The van der Waals surface area contributed by atoms with Crippen molar-refractivity contribution < 1.29 is 0 Å². The number of nitrogens with zero attached hydrogens (tertiary/aromatic N) is 4. The fraction of sp³-hybridized carbons (Fsp3) is 0.0526. The smallest absolute Gasteiger partial charge is 0.116 e. The first-order valence-corrected chi connectivity index (χ1v) is 8.02. The van der Waals surface area contributed by atoms with Crippen molar-refractivity contribution in [2.24, 2.45) is 0 Å². The highest BCUT2D eigenvalue weighted by molar-refractivity contribution is 6.31. The summed E-state index contributed by atoms with van der Waals surface area (Å²) in [4.78, 5) is 8.66. The zero-order valence-corrected chi connectivity index (χ0v) is 14.6. The van der Waals surface area contributed by atoms with Crippen LogP contribution in [0.4, 0.5) is 0 Å². The third kappa shape index (κ3) is 3.19. The van der Waals surface area contributed by atoms with Crippen LogP contribution in [0.15, 0.2) is 42.7 Å². The molecule has 0 bridgehead atoms. The third-order valence-corrected chi connectivity index (χ3v) is 4.27. The van der Waals surface area contributed by atoms with E-state index in [0.29, 0.717) is 43.7 Å². The Labute approximate surface area is 154 Å². The van der Waals surface area contributed by atoms with Gasteiger partial charge in [-0.2, -0.15) is 10.5 Å². The van der Waals surface area contributed by atoms with Gasteiger partial charge in [-0.3, -0.25) is 0 Å². The first-order valence-electron chi connectivity index (χ1n) is 7.26. The van der Waals surface area contributed by atoms with Gasteiger partial charge in [0.05, 0.1) is 34.7 Å². The Morgan fingerprint density at radius 2 is 1.24 bits per heavy atom. The molecule has 0 saturated heterocycles. The lowest BCUT2D eigenvalue weighted by molar-refractivity contribution is 1.14. The molecule has 0 radical (unpaired) electrons. The molecule has 0 atom stereocenters. The number of rotatable bonds is 2.